The highest BCUT2D eigenvalue weighted by Gasteiger charge is 2.38. The first-order valence-corrected chi connectivity index (χ1v) is 6.54. The molecule has 1 saturated heterocycles. The molecule has 4 nitrogen and oxygen atoms in total. The zero-order valence-corrected chi connectivity index (χ0v) is 10.4. The molecule has 1 aliphatic carbocycles. The molecule has 1 heterocycles. The van der Waals surface area contributed by atoms with Gasteiger partial charge in [-0.3, -0.25) is 14.5 Å². The van der Waals surface area contributed by atoms with Crippen LogP contribution >= 0.6 is 0 Å². The lowest BCUT2D eigenvalue weighted by Gasteiger charge is -2.44. The molecule has 0 amide bonds. The van der Waals surface area contributed by atoms with Crippen LogP contribution in [0.5, 0.6) is 0 Å². The fraction of sp³-hybridized carbons (Fsp3) is 0.846. The Morgan fingerprint density at radius 3 is 2.47 bits per heavy atom. The number of fused-ring (bicyclic) bond motifs is 1. The maximum atomic E-state index is 11.6. The van der Waals surface area contributed by atoms with E-state index in [0.717, 1.165) is 13.0 Å². The molecule has 2 fully saturated rings. The van der Waals surface area contributed by atoms with E-state index in [9.17, 15) is 9.59 Å². The van der Waals surface area contributed by atoms with Gasteiger partial charge in [0, 0.05) is 6.54 Å². The van der Waals surface area contributed by atoms with Crippen molar-refractivity contribution < 1.29 is 14.7 Å². The van der Waals surface area contributed by atoms with Crippen molar-refractivity contribution in [2.24, 2.45) is 11.8 Å². The van der Waals surface area contributed by atoms with Crippen LogP contribution in [0.2, 0.25) is 0 Å². The summed E-state index contributed by atoms with van der Waals surface area (Å²) >= 11 is 0. The lowest BCUT2D eigenvalue weighted by molar-refractivity contribution is -0.141. The van der Waals surface area contributed by atoms with Crippen LogP contribution in [-0.4, -0.2) is 40.9 Å². The van der Waals surface area contributed by atoms with Gasteiger partial charge in [-0.05, 0) is 31.6 Å². The van der Waals surface area contributed by atoms with Crippen LogP contribution in [0.3, 0.4) is 0 Å². The highest BCUT2D eigenvalue weighted by atomic mass is 16.4. The molecule has 3 unspecified atom stereocenters. The van der Waals surface area contributed by atoms with E-state index in [-0.39, 0.29) is 18.4 Å². The maximum Gasteiger partial charge on any atom is 0.317 e. The minimum atomic E-state index is -0.828. The molecule has 0 spiro atoms. The molecule has 0 bridgehead atoms. The van der Waals surface area contributed by atoms with Crippen molar-refractivity contribution in [3.05, 3.63) is 0 Å². The number of ketones is 1. The summed E-state index contributed by atoms with van der Waals surface area (Å²) < 4.78 is 0. The summed E-state index contributed by atoms with van der Waals surface area (Å²) in [5.74, 6) is 0.544. The first-order chi connectivity index (χ1) is 8.08. The van der Waals surface area contributed by atoms with Crippen molar-refractivity contribution in [3.63, 3.8) is 0 Å². The van der Waals surface area contributed by atoms with Crippen molar-refractivity contribution in [2.75, 3.05) is 13.1 Å². The summed E-state index contributed by atoms with van der Waals surface area (Å²) in [5.41, 5.74) is 0. The molecule has 0 aromatic carbocycles. The monoisotopic (exact) mass is 239 g/mol. The molecule has 2 aliphatic rings. The highest BCUT2D eigenvalue weighted by Crippen LogP contribution is 2.38. The standard InChI is InChI=1S/C13H21NO3/c1-9(15)12-6-10-4-2-3-5-11(10)7-14(12)8-13(16)17/h10-12H,2-8H2,1H3,(H,16,17). The number of carbonyl (C=O) groups excluding carboxylic acids is 1. The number of piperidine rings is 1. The second kappa shape index (κ2) is 5.17. The fourth-order valence-electron chi connectivity index (χ4n) is 3.47. The minimum absolute atomic E-state index is 0.00741. The molecule has 1 aliphatic heterocycles. The molecular weight excluding hydrogens is 218 g/mol. The van der Waals surface area contributed by atoms with Gasteiger partial charge in [-0.1, -0.05) is 19.3 Å². The van der Waals surface area contributed by atoms with Crippen LogP contribution in [0, 0.1) is 11.8 Å². The molecule has 1 N–H and O–H groups in total. The van der Waals surface area contributed by atoms with Gasteiger partial charge in [0.1, 0.15) is 5.78 Å². The van der Waals surface area contributed by atoms with Crippen LogP contribution in [0.4, 0.5) is 0 Å². The summed E-state index contributed by atoms with van der Waals surface area (Å²) in [6.07, 6.45) is 5.81. The summed E-state index contributed by atoms with van der Waals surface area (Å²) in [6.45, 7) is 2.39. The maximum absolute atomic E-state index is 11.6. The van der Waals surface area contributed by atoms with E-state index in [1.807, 2.05) is 4.90 Å². The van der Waals surface area contributed by atoms with E-state index >= 15 is 0 Å². The molecule has 0 radical (unpaired) electrons. The van der Waals surface area contributed by atoms with E-state index in [1.165, 1.54) is 25.7 Å². The first-order valence-electron chi connectivity index (χ1n) is 6.54. The van der Waals surface area contributed by atoms with Gasteiger partial charge in [0.2, 0.25) is 0 Å². The van der Waals surface area contributed by atoms with Crippen LogP contribution in [0.15, 0.2) is 0 Å². The Bertz CT molecular complexity index is 316. The highest BCUT2D eigenvalue weighted by molar-refractivity contribution is 5.82. The number of carboxylic acid groups (broad SMARTS) is 1. The molecular formula is C13H21NO3. The number of aliphatic carboxylic acids is 1. The fourth-order valence-corrected chi connectivity index (χ4v) is 3.47. The Morgan fingerprint density at radius 1 is 1.24 bits per heavy atom. The molecule has 3 atom stereocenters. The summed E-state index contributed by atoms with van der Waals surface area (Å²) in [6, 6.07) is -0.162. The molecule has 0 aromatic rings. The zero-order valence-electron chi connectivity index (χ0n) is 10.4. The number of nitrogens with zero attached hydrogens (tertiary/aromatic N) is 1. The molecule has 1 saturated carbocycles. The van der Waals surface area contributed by atoms with Gasteiger partial charge in [-0.15, -0.1) is 0 Å². The predicted molar refractivity (Wildman–Crippen MR) is 63.7 cm³/mol. The number of hydrogen-bond donors (Lipinski definition) is 1. The van der Waals surface area contributed by atoms with Gasteiger partial charge >= 0.3 is 5.97 Å². The number of hydrogen-bond acceptors (Lipinski definition) is 3. The van der Waals surface area contributed by atoms with Crippen molar-refractivity contribution >= 4 is 11.8 Å². The number of Topliss-reactive ketones (excluding diaryl/α,β-unsaturated/α-hetero) is 1. The van der Waals surface area contributed by atoms with Gasteiger partial charge in [0.25, 0.3) is 0 Å². The Kier molecular flexibility index (Phi) is 3.82. The Morgan fingerprint density at radius 2 is 1.88 bits per heavy atom. The second-order valence-corrected chi connectivity index (χ2v) is 5.49. The minimum Gasteiger partial charge on any atom is -0.480 e. The zero-order chi connectivity index (χ0) is 12.4. The average molecular weight is 239 g/mol. The Hall–Kier alpha value is -0.900. The topological polar surface area (TPSA) is 57.6 Å². The quantitative estimate of drug-likeness (QED) is 0.811. The molecule has 2 rings (SSSR count). The Labute approximate surface area is 102 Å². The molecule has 96 valence electrons. The number of carboxylic acids is 1. The lowest BCUT2D eigenvalue weighted by Crippen LogP contribution is -2.52. The first kappa shape index (κ1) is 12.6. The normalized spacial score (nSPS) is 34.1. The third-order valence-corrected chi connectivity index (χ3v) is 4.31. The van der Waals surface area contributed by atoms with Crippen molar-refractivity contribution in [2.45, 2.75) is 45.1 Å². The lowest BCUT2D eigenvalue weighted by atomic mass is 9.72. The van der Waals surface area contributed by atoms with E-state index in [1.54, 1.807) is 6.92 Å². The van der Waals surface area contributed by atoms with Crippen molar-refractivity contribution in [3.8, 4) is 0 Å². The van der Waals surface area contributed by atoms with E-state index in [4.69, 9.17) is 5.11 Å². The summed E-state index contributed by atoms with van der Waals surface area (Å²) in [5, 5.41) is 8.91. The number of carbonyl (C=O) groups is 2. The van der Waals surface area contributed by atoms with Gasteiger partial charge < -0.3 is 5.11 Å². The number of likely N-dealkylation sites (tertiary alicyclic amines) is 1. The molecule has 0 aromatic heterocycles. The van der Waals surface area contributed by atoms with Gasteiger partial charge in [0.05, 0.1) is 12.6 Å². The molecule has 4 heteroatoms. The van der Waals surface area contributed by atoms with E-state index in [2.05, 4.69) is 0 Å². The van der Waals surface area contributed by atoms with Crippen LogP contribution < -0.4 is 0 Å². The van der Waals surface area contributed by atoms with Crippen molar-refractivity contribution in [1.82, 2.24) is 4.90 Å². The molecule has 17 heavy (non-hydrogen) atoms. The van der Waals surface area contributed by atoms with Crippen molar-refractivity contribution in [1.29, 1.82) is 0 Å². The second-order valence-electron chi connectivity index (χ2n) is 5.49. The predicted octanol–water partition coefficient (Wildman–Crippen LogP) is 1.54. The van der Waals surface area contributed by atoms with Crippen LogP contribution in [0.1, 0.15) is 39.0 Å². The Balaban J connectivity index is 2.07. The third-order valence-electron chi connectivity index (χ3n) is 4.31. The largest absolute Gasteiger partial charge is 0.480 e. The SMILES string of the molecule is CC(=O)C1CC2CCCCC2CN1CC(=O)O. The van der Waals surface area contributed by atoms with Gasteiger partial charge in [0.15, 0.2) is 0 Å². The average Bonchev–Trinajstić information content (AvgIpc) is 2.27. The number of rotatable bonds is 3. The van der Waals surface area contributed by atoms with Crippen LogP contribution in [-0.2, 0) is 9.59 Å². The van der Waals surface area contributed by atoms with E-state index < -0.39 is 5.97 Å². The third kappa shape index (κ3) is 2.86. The van der Waals surface area contributed by atoms with E-state index in [0.29, 0.717) is 11.8 Å². The summed E-state index contributed by atoms with van der Waals surface area (Å²) in [7, 11) is 0. The van der Waals surface area contributed by atoms with Crippen LogP contribution in [0.25, 0.3) is 0 Å². The smallest absolute Gasteiger partial charge is 0.317 e. The van der Waals surface area contributed by atoms with Gasteiger partial charge in [-0.25, -0.2) is 0 Å². The summed E-state index contributed by atoms with van der Waals surface area (Å²) in [4.78, 5) is 24.3. The van der Waals surface area contributed by atoms with Gasteiger partial charge in [-0.2, -0.15) is 0 Å².